The number of nitrogens with zero attached hydrogens (tertiary/aromatic N) is 2. The standard InChI is InChI=1S/C22H20N4O4/c23-18-5-1-2-6-19(18)25-21(27)15-8-10-16(11-9-15)26-13-17(30-22(26)28)14-29-20-7-3-4-12-24-20/h1-12,17H,13-14,23H2,(H,25,27). The van der Waals surface area contributed by atoms with Crippen molar-refractivity contribution in [1.29, 1.82) is 0 Å². The molecule has 0 aliphatic carbocycles. The van der Waals surface area contributed by atoms with E-state index in [2.05, 4.69) is 10.3 Å². The lowest BCUT2D eigenvalue weighted by atomic mass is 10.1. The van der Waals surface area contributed by atoms with Crippen LogP contribution in [0.25, 0.3) is 0 Å². The highest BCUT2D eigenvalue weighted by Gasteiger charge is 2.33. The summed E-state index contributed by atoms with van der Waals surface area (Å²) in [7, 11) is 0. The second-order valence-electron chi connectivity index (χ2n) is 6.68. The van der Waals surface area contributed by atoms with Gasteiger partial charge in [-0.3, -0.25) is 9.69 Å². The first-order valence-electron chi connectivity index (χ1n) is 9.38. The number of hydrogen-bond acceptors (Lipinski definition) is 6. The first-order chi connectivity index (χ1) is 14.6. The van der Waals surface area contributed by atoms with Crippen molar-refractivity contribution in [2.24, 2.45) is 0 Å². The lowest BCUT2D eigenvalue weighted by Gasteiger charge is -2.14. The fourth-order valence-corrected chi connectivity index (χ4v) is 3.03. The molecule has 1 atom stereocenters. The van der Waals surface area contributed by atoms with Crippen molar-refractivity contribution >= 4 is 29.1 Å². The third-order valence-corrected chi connectivity index (χ3v) is 4.58. The topological polar surface area (TPSA) is 107 Å². The summed E-state index contributed by atoms with van der Waals surface area (Å²) in [4.78, 5) is 30.3. The maximum Gasteiger partial charge on any atom is 0.414 e. The van der Waals surface area contributed by atoms with Crippen LogP contribution in [0.15, 0.2) is 72.9 Å². The number of para-hydroxylation sites is 2. The van der Waals surface area contributed by atoms with E-state index in [1.54, 1.807) is 66.9 Å². The summed E-state index contributed by atoms with van der Waals surface area (Å²) in [6.45, 7) is 0.552. The van der Waals surface area contributed by atoms with Crippen molar-refractivity contribution in [3.05, 3.63) is 78.5 Å². The van der Waals surface area contributed by atoms with Crippen LogP contribution in [0.5, 0.6) is 5.88 Å². The molecule has 0 saturated carbocycles. The zero-order valence-electron chi connectivity index (χ0n) is 16.0. The van der Waals surface area contributed by atoms with Gasteiger partial charge in [-0.15, -0.1) is 0 Å². The Kier molecular flexibility index (Phi) is 5.47. The van der Waals surface area contributed by atoms with Gasteiger partial charge in [-0.05, 0) is 42.5 Å². The van der Waals surface area contributed by atoms with Gasteiger partial charge in [-0.2, -0.15) is 0 Å². The van der Waals surface area contributed by atoms with Gasteiger partial charge in [0, 0.05) is 23.5 Å². The van der Waals surface area contributed by atoms with Gasteiger partial charge < -0.3 is 20.5 Å². The van der Waals surface area contributed by atoms with Crippen LogP contribution in [0, 0.1) is 0 Å². The molecule has 4 rings (SSSR count). The third-order valence-electron chi connectivity index (χ3n) is 4.58. The lowest BCUT2D eigenvalue weighted by Crippen LogP contribution is -2.26. The molecule has 152 valence electrons. The predicted molar refractivity (Wildman–Crippen MR) is 113 cm³/mol. The van der Waals surface area contributed by atoms with Crippen LogP contribution in [-0.4, -0.2) is 36.2 Å². The molecular formula is C22H20N4O4. The summed E-state index contributed by atoms with van der Waals surface area (Å²) in [6, 6.07) is 19.1. The lowest BCUT2D eigenvalue weighted by molar-refractivity contribution is 0.102. The third kappa shape index (κ3) is 4.33. The number of nitrogens with one attached hydrogen (secondary N) is 1. The molecule has 2 aromatic carbocycles. The van der Waals surface area contributed by atoms with Crippen LogP contribution in [0.2, 0.25) is 0 Å². The van der Waals surface area contributed by atoms with E-state index in [9.17, 15) is 9.59 Å². The molecule has 2 amide bonds. The number of anilines is 3. The van der Waals surface area contributed by atoms with Crippen molar-refractivity contribution in [3.8, 4) is 5.88 Å². The van der Waals surface area contributed by atoms with Gasteiger partial charge in [0.15, 0.2) is 6.10 Å². The van der Waals surface area contributed by atoms with Crippen molar-refractivity contribution in [3.63, 3.8) is 0 Å². The quantitative estimate of drug-likeness (QED) is 0.611. The number of cyclic esters (lactones) is 1. The van der Waals surface area contributed by atoms with Gasteiger partial charge in [-0.25, -0.2) is 9.78 Å². The average Bonchev–Trinajstić information content (AvgIpc) is 3.15. The number of hydrogen-bond donors (Lipinski definition) is 2. The zero-order chi connectivity index (χ0) is 20.9. The van der Waals surface area contributed by atoms with E-state index in [1.807, 2.05) is 6.07 Å². The molecule has 1 aliphatic heterocycles. The molecule has 0 spiro atoms. The highest BCUT2D eigenvalue weighted by Crippen LogP contribution is 2.23. The molecule has 1 saturated heterocycles. The molecule has 1 aliphatic rings. The second kappa shape index (κ2) is 8.52. The highest BCUT2D eigenvalue weighted by molar-refractivity contribution is 6.06. The monoisotopic (exact) mass is 404 g/mol. The smallest absolute Gasteiger partial charge is 0.414 e. The number of pyridine rings is 1. The first-order valence-corrected chi connectivity index (χ1v) is 9.38. The van der Waals surface area contributed by atoms with Crippen LogP contribution >= 0.6 is 0 Å². The molecule has 1 fully saturated rings. The number of carbonyl (C=O) groups excluding carboxylic acids is 2. The van der Waals surface area contributed by atoms with Crippen molar-refractivity contribution in [2.75, 3.05) is 29.1 Å². The largest absolute Gasteiger partial charge is 0.474 e. The fraction of sp³-hybridized carbons (Fsp3) is 0.136. The summed E-state index contributed by atoms with van der Waals surface area (Å²) >= 11 is 0. The van der Waals surface area contributed by atoms with E-state index in [4.69, 9.17) is 15.2 Å². The minimum atomic E-state index is -0.459. The van der Waals surface area contributed by atoms with Crippen LogP contribution in [0.4, 0.5) is 21.9 Å². The van der Waals surface area contributed by atoms with Crippen LogP contribution in [-0.2, 0) is 4.74 Å². The van der Waals surface area contributed by atoms with Gasteiger partial charge in [0.1, 0.15) is 6.61 Å². The number of carbonyl (C=O) groups is 2. The van der Waals surface area contributed by atoms with Gasteiger partial charge in [0.05, 0.1) is 17.9 Å². The van der Waals surface area contributed by atoms with Crippen LogP contribution in [0.3, 0.4) is 0 Å². The Hall–Kier alpha value is -4.07. The molecule has 8 nitrogen and oxygen atoms in total. The Morgan fingerprint density at radius 2 is 1.90 bits per heavy atom. The minimum Gasteiger partial charge on any atom is -0.474 e. The summed E-state index contributed by atoms with van der Waals surface area (Å²) in [6.07, 6.45) is 0.758. The second-order valence-corrected chi connectivity index (χ2v) is 6.68. The highest BCUT2D eigenvalue weighted by atomic mass is 16.6. The number of rotatable bonds is 6. The van der Waals surface area contributed by atoms with E-state index in [1.165, 1.54) is 4.90 Å². The molecule has 30 heavy (non-hydrogen) atoms. The maximum absolute atomic E-state index is 12.4. The Balaban J connectivity index is 1.37. The summed E-state index contributed by atoms with van der Waals surface area (Å²) < 4.78 is 10.9. The normalized spacial score (nSPS) is 15.5. The number of aromatic nitrogens is 1. The van der Waals surface area contributed by atoms with Crippen molar-refractivity contribution < 1.29 is 19.1 Å². The molecule has 8 heteroatoms. The van der Waals surface area contributed by atoms with Crippen LogP contribution < -0.4 is 20.7 Å². The van der Waals surface area contributed by atoms with E-state index in [0.29, 0.717) is 35.1 Å². The molecule has 1 aromatic heterocycles. The molecule has 1 unspecified atom stereocenters. The Labute approximate surface area is 173 Å². The summed E-state index contributed by atoms with van der Waals surface area (Å²) in [5, 5.41) is 2.77. The summed E-state index contributed by atoms with van der Waals surface area (Å²) in [5.41, 5.74) is 7.97. The van der Waals surface area contributed by atoms with Gasteiger partial charge >= 0.3 is 6.09 Å². The van der Waals surface area contributed by atoms with E-state index in [0.717, 1.165) is 0 Å². The summed E-state index contributed by atoms with van der Waals surface area (Å²) in [5.74, 6) is 0.187. The van der Waals surface area contributed by atoms with Gasteiger partial charge in [0.2, 0.25) is 5.88 Å². The average molecular weight is 404 g/mol. The predicted octanol–water partition coefficient (Wildman–Crippen LogP) is 3.32. The number of amides is 2. The van der Waals surface area contributed by atoms with Gasteiger partial charge in [-0.1, -0.05) is 18.2 Å². The molecular weight excluding hydrogens is 384 g/mol. The SMILES string of the molecule is Nc1ccccc1NC(=O)c1ccc(N2CC(COc3ccccn3)OC2=O)cc1. The Morgan fingerprint density at radius 3 is 2.63 bits per heavy atom. The van der Waals surface area contributed by atoms with E-state index >= 15 is 0 Å². The molecule has 3 aromatic rings. The van der Waals surface area contributed by atoms with Crippen molar-refractivity contribution in [1.82, 2.24) is 4.98 Å². The maximum atomic E-state index is 12.4. The van der Waals surface area contributed by atoms with Gasteiger partial charge in [0.25, 0.3) is 5.91 Å². The molecule has 3 N–H and O–H groups in total. The number of nitrogens with two attached hydrogens (primary N) is 1. The van der Waals surface area contributed by atoms with Crippen LogP contribution in [0.1, 0.15) is 10.4 Å². The van der Waals surface area contributed by atoms with E-state index < -0.39 is 12.2 Å². The zero-order valence-corrected chi connectivity index (χ0v) is 16.0. The molecule has 0 bridgehead atoms. The van der Waals surface area contributed by atoms with E-state index in [-0.39, 0.29) is 12.5 Å². The molecule has 0 radical (unpaired) electrons. The fourth-order valence-electron chi connectivity index (χ4n) is 3.03. The Bertz CT molecular complexity index is 1040. The first kappa shape index (κ1) is 19.3. The number of ether oxygens (including phenoxy) is 2. The molecule has 2 heterocycles. The minimum absolute atomic E-state index is 0.207. The van der Waals surface area contributed by atoms with Crippen molar-refractivity contribution in [2.45, 2.75) is 6.10 Å². The number of benzene rings is 2. The number of nitrogen functional groups attached to an aromatic ring is 1. The Morgan fingerprint density at radius 1 is 1.13 bits per heavy atom.